The van der Waals surface area contributed by atoms with E-state index in [4.69, 9.17) is 5.11 Å². The lowest BCUT2D eigenvalue weighted by Crippen LogP contribution is -2.10. The molecule has 2 rings (SSSR count). The van der Waals surface area contributed by atoms with Crippen molar-refractivity contribution in [3.63, 3.8) is 0 Å². The molecular weight excluding hydrogens is 276 g/mol. The molecule has 0 unspecified atom stereocenters. The molecule has 0 radical (unpaired) electrons. The van der Waals surface area contributed by atoms with Crippen LogP contribution >= 0.6 is 11.3 Å². The first-order chi connectivity index (χ1) is 9.54. The molecule has 0 aliphatic heterocycles. The summed E-state index contributed by atoms with van der Waals surface area (Å²) in [5.41, 5.74) is 1.61. The number of thiazole rings is 1. The molecule has 0 saturated heterocycles. The number of nitrogens with one attached hydrogen (secondary N) is 1. The number of nitrogens with zero attached hydrogens (tertiary/aromatic N) is 1. The molecule has 2 N–H and O–H groups in total. The largest absolute Gasteiger partial charge is 0.481 e. The molecule has 1 aromatic heterocycles. The summed E-state index contributed by atoms with van der Waals surface area (Å²) in [5, 5.41) is 12.2. The minimum absolute atomic E-state index is 0.103. The van der Waals surface area contributed by atoms with Crippen LogP contribution < -0.4 is 5.32 Å². The van der Waals surface area contributed by atoms with Crippen LogP contribution in [0.2, 0.25) is 0 Å². The summed E-state index contributed by atoms with van der Waals surface area (Å²) in [7, 11) is 0. The lowest BCUT2D eigenvalue weighted by molar-refractivity contribution is -0.136. The lowest BCUT2D eigenvalue weighted by atomic mass is 10.1. The lowest BCUT2D eigenvalue weighted by Gasteiger charge is -2.04. The maximum atomic E-state index is 11.9. The van der Waals surface area contributed by atoms with Gasteiger partial charge >= 0.3 is 5.97 Å². The van der Waals surface area contributed by atoms with Crippen LogP contribution in [0.5, 0.6) is 0 Å². The third-order valence-electron chi connectivity index (χ3n) is 2.68. The average Bonchev–Trinajstić information content (AvgIpc) is 2.85. The van der Waals surface area contributed by atoms with E-state index in [2.05, 4.69) is 10.3 Å². The molecule has 0 atom stereocenters. The van der Waals surface area contributed by atoms with Crippen LogP contribution in [0, 0.1) is 6.92 Å². The standard InChI is InChI=1S/C14H14N2O3S/c1-9-15-8-12(20-9)14(19)16-11-5-2-10(3-6-11)4-7-13(17)18/h2-3,5-6,8H,4,7H2,1H3,(H,16,19)(H,17,18). The van der Waals surface area contributed by atoms with Crippen molar-refractivity contribution in [1.29, 1.82) is 0 Å². The second kappa shape index (κ2) is 6.29. The number of benzene rings is 1. The van der Waals surface area contributed by atoms with Gasteiger partial charge in [0.2, 0.25) is 0 Å². The number of hydrogen-bond acceptors (Lipinski definition) is 4. The Labute approximate surface area is 120 Å². The number of carbonyl (C=O) groups excluding carboxylic acids is 1. The van der Waals surface area contributed by atoms with Crippen molar-refractivity contribution in [3.8, 4) is 0 Å². The number of aliphatic carboxylic acids is 1. The van der Waals surface area contributed by atoms with Crippen LogP contribution in [0.25, 0.3) is 0 Å². The molecule has 0 aliphatic rings. The minimum atomic E-state index is -0.817. The smallest absolute Gasteiger partial charge is 0.303 e. The fraction of sp³-hybridized carbons (Fsp3) is 0.214. The number of hydrogen-bond donors (Lipinski definition) is 2. The van der Waals surface area contributed by atoms with Crippen LogP contribution in [-0.4, -0.2) is 22.0 Å². The molecule has 5 nitrogen and oxygen atoms in total. The highest BCUT2D eigenvalue weighted by Crippen LogP contribution is 2.16. The van der Waals surface area contributed by atoms with E-state index in [1.807, 2.05) is 19.1 Å². The number of aryl methyl sites for hydroxylation is 2. The molecule has 0 fully saturated rings. The first kappa shape index (κ1) is 14.2. The first-order valence-corrected chi connectivity index (χ1v) is 6.91. The summed E-state index contributed by atoms with van der Waals surface area (Å²) in [6, 6.07) is 7.17. The predicted molar refractivity (Wildman–Crippen MR) is 77.2 cm³/mol. The van der Waals surface area contributed by atoms with E-state index in [0.29, 0.717) is 17.0 Å². The fourth-order valence-electron chi connectivity index (χ4n) is 1.67. The zero-order valence-corrected chi connectivity index (χ0v) is 11.7. The number of rotatable bonds is 5. The fourth-order valence-corrected chi connectivity index (χ4v) is 2.34. The van der Waals surface area contributed by atoms with E-state index in [1.165, 1.54) is 11.3 Å². The predicted octanol–water partition coefficient (Wildman–Crippen LogP) is 2.72. The summed E-state index contributed by atoms with van der Waals surface area (Å²) < 4.78 is 0. The van der Waals surface area contributed by atoms with Gasteiger partial charge in [0.15, 0.2) is 0 Å². The summed E-state index contributed by atoms with van der Waals surface area (Å²) in [5.74, 6) is -1.00. The Kier molecular flexibility index (Phi) is 4.47. The molecule has 0 saturated carbocycles. The second-order valence-corrected chi connectivity index (χ2v) is 5.52. The third-order valence-corrected chi connectivity index (χ3v) is 3.60. The number of aromatic nitrogens is 1. The SMILES string of the molecule is Cc1ncc(C(=O)Nc2ccc(CCC(=O)O)cc2)s1. The number of carboxylic acid groups (broad SMARTS) is 1. The maximum Gasteiger partial charge on any atom is 0.303 e. The van der Waals surface area contributed by atoms with Crippen LogP contribution in [-0.2, 0) is 11.2 Å². The van der Waals surface area contributed by atoms with Crippen molar-refractivity contribution in [1.82, 2.24) is 4.98 Å². The van der Waals surface area contributed by atoms with Crippen molar-refractivity contribution < 1.29 is 14.7 Å². The third kappa shape index (κ3) is 3.89. The van der Waals surface area contributed by atoms with E-state index < -0.39 is 5.97 Å². The first-order valence-electron chi connectivity index (χ1n) is 6.09. The van der Waals surface area contributed by atoms with Crippen LogP contribution in [0.1, 0.15) is 26.7 Å². The molecule has 2 aromatic rings. The van der Waals surface area contributed by atoms with E-state index in [9.17, 15) is 9.59 Å². The maximum absolute atomic E-state index is 11.9. The van der Waals surface area contributed by atoms with Crippen LogP contribution in [0.3, 0.4) is 0 Å². The van der Waals surface area contributed by atoms with Gasteiger partial charge in [0.1, 0.15) is 4.88 Å². The van der Waals surface area contributed by atoms with Gasteiger partial charge in [-0.15, -0.1) is 11.3 Å². The van der Waals surface area contributed by atoms with Gasteiger partial charge in [-0.25, -0.2) is 4.98 Å². The zero-order chi connectivity index (χ0) is 14.5. The van der Waals surface area contributed by atoms with Gasteiger partial charge in [-0.2, -0.15) is 0 Å². The molecule has 6 heteroatoms. The van der Waals surface area contributed by atoms with Crippen molar-refractivity contribution in [2.45, 2.75) is 19.8 Å². The van der Waals surface area contributed by atoms with Gasteiger partial charge in [0, 0.05) is 12.1 Å². The number of anilines is 1. The highest BCUT2D eigenvalue weighted by molar-refractivity contribution is 7.13. The van der Waals surface area contributed by atoms with Gasteiger partial charge in [-0.3, -0.25) is 9.59 Å². The number of carboxylic acids is 1. The highest BCUT2D eigenvalue weighted by atomic mass is 32.1. The van der Waals surface area contributed by atoms with Gasteiger partial charge in [-0.1, -0.05) is 12.1 Å². The Hall–Kier alpha value is -2.21. The Bertz CT molecular complexity index is 620. The Balaban J connectivity index is 1.96. The second-order valence-electron chi connectivity index (χ2n) is 4.29. The molecule has 0 bridgehead atoms. The summed E-state index contributed by atoms with van der Waals surface area (Å²) in [6.45, 7) is 1.85. The monoisotopic (exact) mass is 290 g/mol. The van der Waals surface area contributed by atoms with Crippen LogP contribution in [0.4, 0.5) is 5.69 Å². The minimum Gasteiger partial charge on any atom is -0.481 e. The Morgan fingerprint density at radius 3 is 2.55 bits per heavy atom. The molecule has 1 heterocycles. The topological polar surface area (TPSA) is 79.3 Å². The van der Waals surface area contributed by atoms with E-state index in [0.717, 1.165) is 10.6 Å². The average molecular weight is 290 g/mol. The van der Waals surface area contributed by atoms with Gasteiger partial charge in [0.25, 0.3) is 5.91 Å². The Morgan fingerprint density at radius 2 is 2.00 bits per heavy atom. The summed E-state index contributed by atoms with van der Waals surface area (Å²) in [4.78, 5) is 27.0. The van der Waals surface area contributed by atoms with Crippen molar-refractivity contribution >= 4 is 28.9 Å². The number of amides is 1. The van der Waals surface area contributed by atoms with Crippen molar-refractivity contribution in [2.75, 3.05) is 5.32 Å². The Morgan fingerprint density at radius 1 is 1.30 bits per heavy atom. The zero-order valence-electron chi connectivity index (χ0n) is 10.9. The quantitative estimate of drug-likeness (QED) is 0.887. The molecule has 0 aliphatic carbocycles. The summed E-state index contributed by atoms with van der Waals surface area (Å²) >= 11 is 1.34. The van der Waals surface area contributed by atoms with E-state index in [1.54, 1.807) is 18.3 Å². The highest BCUT2D eigenvalue weighted by Gasteiger charge is 2.09. The van der Waals surface area contributed by atoms with Crippen molar-refractivity contribution in [3.05, 3.63) is 45.9 Å². The molecular formula is C14H14N2O3S. The van der Waals surface area contributed by atoms with E-state index in [-0.39, 0.29) is 12.3 Å². The number of carbonyl (C=O) groups is 2. The molecule has 104 valence electrons. The molecule has 1 amide bonds. The molecule has 20 heavy (non-hydrogen) atoms. The van der Waals surface area contributed by atoms with E-state index >= 15 is 0 Å². The van der Waals surface area contributed by atoms with Gasteiger partial charge < -0.3 is 10.4 Å². The van der Waals surface area contributed by atoms with Crippen LogP contribution in [0.15, 0.2) is 30.5 Å². The van der Waals surface area contributed by atoms with Gasteiger partial charge in [-0.05, 0) is 31.0 Å². The van der Waals surface area contributed by atoms with Gasteiger partial charge in [0.05, 0.1) is 11.2 Å². The normalized spacial score (nSPS) is 10.2. The summed E-state index contributed by atoms with van der Waals surface area (Å²) in [6.07, 6.45) is 2.14. The molecule has 0 spiro atoms. The molecule has 1 aromatic carbocycles. The van der Waals surface area contributed by atoms with Crippen molar-refractivity contribution in [2.24, 2.45) is 0 Å².